The summed E-state index contributed by atoms with van der Waals surface area (Å²) < 4.78 is 0. The zero-order valence-corrected chi connectivity index (χ0v) is 12.0. The fourth-order valence-electron chi connectivity index (χ4n) is 4.02. The lowest BCUT2D eigenvalue weighted by atomic mass is 9.48. The highest BCUT2D eigenvalue weighted by Crippen LogP contribution is 2.59. The first-order valence-electron chi connectivity index (χ1n) is 6.99. The predicted octanol–water partition coefficient (Wildman–Crippen LogP) is 4.37. The minimum Gasteiger partial charge on any atom is -0.300 e. The quantitative estimate of drug-likeness (QED) is 0.616. The van der Waals surface area contributed by atoms with Crippen LogP contribution in [0.3, 0.4) is 0 Å². The van der Waals surface area contributed by atoms with E-state index in [4.69, 9.17) is 0 Å². The van der Waals surface area contributed by atoms with E-state index < -0.39 is 0 Å². The third kappa shape index (κ3) is 1.78. The summed E-state index contributed by atoms with van der Waals surface area (Å²) >= 11 is 0. The van der Waals surface area contributed by atoms with Crippen LogP contribution in [0, 0.1) is 22.7 Å². The molecule has 0 aromatic carbocycles. The maximum Gasteiger partial charge on any atom is 0.133 e. The first-order chi connectivity index (χ1) is 7.78. The maximum atomic E-state index is 12.0. The Balaban J connectivity index is 2.45. The van der Waals surface area contributed by atoms with Gasteiger partial charge in [-0.1, -0.05) is 39.3 Å². The monoisotopic (exact) mass is 234 g/mol. The van der Waals surface area contributed by atoms with Gasteiger partial charge in [0.2, 0.25) is 0 Å². The van der Waals surface area contributed by atoms with Gasteiger partial charge in [0.1, 0.15) is 5.78 Å². The van der Waals surface area contributed by atoms with E-state index in [1.54, 1.807) is 12.5 Å². The van der Waals surface area contributed by atoms with Gasteiger partial charge in [-0.25, -0.2) is 0 Å². The van der Waals surface area contributed by atoms with Crippen LogP contribution >= 0.6 is 0 Å². The Kier molecular flexibility index (Phi) is 3.00. The molecular formula is C16H26O. The molecule has 0 amide bonds. The maximum absolute atomic E-state index is 12.0. The van der Waals surface area contributed by atoms with E-state index in [0.29, 0.717) is 11.7 Å². The molecule has 1 heteroatoms. The largest absolute Gasteiger partial charge is 0.300 e. The molecule has 2 aliphatic rings. The van der Waals surface area contributed by atoms with Crippen molar-refractivity contribution in [3.8, 4) is 0 Å². The summed E-state index contributed by atoms with van der Waals surface area (Å²) in [6.45, 7) is 11.0. The second kappa shape index (κ2) is 3.96. The van der Waals surface area contributed by atoms with Crippen LogP contribution in [0.1, 0.15) is 60.3 Å². The number of carbonyl (C=O) groups excluding carboxylic acids is 1. The van der Waals surface area contributed by atoms with Gasteiger partial charge in [0, 0.05) is 5.92 Å². The van der Waals surface area contributed by atoms with E-state index in [0.717, 1.165) is 6.42 Å². The van der Waals surface area contributed by atoms with Crippen LogP contribution in [-0.2, 0) is 4.79 Å². The smallest absolute Gasteiger partial charge is 0.133 e. The van der Waals surface area contributed by atoms with Crippen molar-refractivity contribution < 1.29 is 4.79 Å². The zero-order valence-electron chi connectivity index (χ0n) is 12.0. The number of carbonyl (C=O) groups is 1. The molecule has 96 valence electrons. The van der Waals surface area contributed by atoms with Crippen molar-refractivity contribution in [3.05, 3.63) is 11.6 Å². The van der Waals surface area contributed by atoms with Crippen molar-refractivity contribution in [1.82, 2.24) is 0 Å². The van der Waals surface area contributed by atoms with Crippen LogP contribution in [0.5, 0.6) is 0 Å². The Morgan fingerprint density at radius 2 is 1.94 bits per heavy atom. The molecule has 0 aromatic heterocycles. The summed E-state index contributed by atoms with van der Waals surface area (Å²) in [6, 6.07) is 0. The third-order valence-electron chi connectivity index (χ3n) is 5.78. The van der Waals surface area contributed by atoms with Crippen molar-refractivity contribution >= 4 is 5.78 Å². The Bertz CT molecular complexity index is 360. The minimum atomic E-state index is 0.0819. The molecule has 2 unspecified atom stereocenters. The van der Waals surface area contributed by atoms with E-state index in [9.17, 15) is 4.79 Å². The summed E-state index contributed by atoms with van der Waals surface area (Å²) in [6.07, 6.45) is 7.37. The van der Waals surface area contributed by atoms with Crippen molar-refractivity contribution in [2.75, 3.05) is 0 Å². The van der Waals surface area contributed by atoms with Crippen LogP contribution in [-0.4, -0.2) is 5.78 Å². The van der Waals surface area contributed by atoms with E-state index in [1.165, 1.54) is 19.3 Å². The molecule has 0 N–H and O–H groups in total. The average molecular weight is 234 g/mol. The van der Waals surface area contributed by atoms with Crippen LogP contribution < -0.4 is 0 Å². The van der Waals surface area contributed by atoms with Gasteiger partial charge in [0.15, 0.2) is 0 Å². The Labute approximate surface area is 106 Å². The van der Waals surface area contributed by atoms with E-state index in [-0.39, 0.29) is 16.7 Å². The molecule has 1 saturated carbocycles. The number of Topliss-reactive ketones (excluding diaryl/α,β-unsaturated/α-hetero) is 1. The van der Waals surface area contributed by atoms with Crippen LogP contribution in [0.15, 0.2) is 11.6 Å². The highest BCUT2D eigenvalue weighted by Gasteiger charge is 2.53. The standard InChI is InChI=1S/C16H26O/c1-11(17)14-10-12-8-6-7-9-13(12)15(2,3)16(14,4)5/h9,12,14H,6-8,10H2,1-5H3. The van der Waals surface area contributed by atoms with Crippen molar-refractivity contribution in [3.63, 3.8) is 0 Å². The molecular weight excluding hydrogens is 208 g/mol. The lowest BCUT2D eigenvalue weighted by Gasteiger charge is -2.55. The van der Waals surface area contributed by atoms with E-state index >= 15 is 0 Å². The van der Waals surface area contributed by atoms with Gasteiger partial charge < -0.3 is 0 Å². The van der Waals surface area contributed by atoms with Crippen LogP contribution in [0.4, 0.5) is 0 Å². The fraction of sp³-hybridized carbons (Fsp3) is 0.812. The second-order valence-corrected chi connectivity index (χ2v) is 7.03. The molecule has 2 aliphatic carbocycles. The normalized spacial score (nSPS) is 34.8. The number of fused-ring (bicyclic) bond motifs is 1. The van der Waals surface area contributed by atoms with Gasteiger partial charge in [0.05, 0.1) is 0 Å². The topological polar surface area (TPSA) is 17.1 Å². The van der Waals surface area contributed by atoms with Crippen LogP contribution in [0.2, 0.25) is 0 Å². The van der Waals surface area contributed by atoms with Crippen LogP contribution in [0.25, 0.3) is 0 Å². The first kappa shape index (κ1) is 12.9. The number of hydrogen-bond acceptors (Lipinski definition) is 1. The average Bonchev–Trinajstić information content (AvgIpc) is 2.24. The third-order valence-corrected chi connectivity index (χ3v) is 5.78. The van der Waals surface area contributed by atoms with Gasteiger partial charge in [-0.3, -0.25) is 4.79 Å². The molecule has 17 heavy (non-hydrogen) atoms. The molecule has 1 fully saturated rings. The van der Waals surface area contributed by atoms with Gasteiger partial charge in [-0.2, -0.15) is 0 Å². The molecule has 0 heterocycles. The molecule has 2 rings (SSSR count). The Morgan fingerprint density at radius 1 is 1.29 bits per heavy atom. The zero-order chi connectivity index (χ0) is 12.8. The molecule has 1 nitrogen and oxygen atoms in total. The number of hydrogen-bond donors (Lipinski definition) is 0. The van der Waals surface area contributed by atoms with E-state index in [1.807, 2.05) is 0 Å². The van der Waals surface area contributed by atoms with Crippen molar-refractivity contribution in [2.45, 2.75) is 60.3 Å². The molecule has 0 bridgehead atoms. The van der Waals surface area contributed by atoms with Crippen molar-refractivity contribution in [1.29, 1.82) is 0 Å². The van der Waals surface area contributed by atoms with Crippen molar-refractivity contribution in [2.24, 2.45) is 22.7 Å². The molecule has 0 radical (unpaired) electrons. The summed E-state index contributed by atoms with van der Waals surface area (Å²) in [5, 5.41) is 0. The SMILES string of the molecule is CC(=O)C1CC2CCCC=C2C(C)(C)C1(C)C. The first-order valence-corrected chi connectivity index (χ1v) is 6.99. The lowest BCUT2D eigenvalue weighted by Crippen LogP contribution is -2.50. The molecule has 0 spiro atoms. The molecule has 0 saturated heterocycles. The molecule has 2 atom stereocenters. The highest BCUT2D eigenvalue weighted by molar-refractivity contribution is 5.79. The Morgan fingerprint density at radius 3 is 2.53 bits per heavy atom. The minimum absolute atomic E-state index is 0.0819. The summed E-state index contributed by atoms with van der Waals surface area (Å²) in [4.78, 5) is 12.0. The van der Waals surface area contributed by atoms with E-state index in [2.05, 4.69) is 33.8 Å². The predicted molar refractivity (Wildman–Crippen MR) is 71.8 cm³/mol. The fourth-order valence-corrected chi connectivity index (χ4v) is 4.02. The number of ketones is 1. The second-order valence-electron chi connectivity index (χ2n) is 7.03. The molecule has 0 aliphatic heterocycles. The Hall–Kier alpha value is -0.590. The highest BCUT2D eigenvalue weighted by atomic mass is 16.1. The molecule has 0 aromatic rings. The van der Waals surface area contributed by atoms with Gasteiger partial charge in [-0.05, 0) is 49.4 Å². The number of allylic oxidation sites excluding steroid dienone is 2. The summed E-state index contributed by atoms with van der Waals surface area (Å²) in [5.41, 5.74) is 1.87. The summed E-state index contributed by atoms with van der Waals surface area (Å²) in [5.74, 6) is 1.28. The van der Waals surface area contributed by atoms with Gasteiger partial charge in [0.25, 0.3) is 0 Å². The summed E-state index contributed by atoms with van der Waals surface area (Å²) in [7, 11) is 0. The lowest BCUT2D eigenvalue weighted by molar-refractivity contribution is -0.130. The number of rotatable bonds is 1. The van der Waals surface area contributed by atoms with Gasteiger partial charge in [-0.15, -0.1) is 0 Å². The van der Waals surface area contributed by atoms with Gasteiger partial charge >= 0.3 is 0 Å².